The molecule has 0 aromatic heterocycles. The molecular formula is C14H26N2O2. The molecule has 1 amide bonds. The summed E-state index contributed by atoms with van der Waals surface area (Å²) >= 11 is 0. The lowest BCUT2D eigenvalue weighted by Crippen LogP contribution is -2.59. The maximum Gasteiger partial charge on any atom is 0.240 e. The topological polar surface area (TPSA) is 64.4 Å². The van der Waals surface area contributed by atoms with Crippen LogP contribution >= 0.6 is 0 Å². The minimum atomic E-state index is -0.643. The summed E-state index contributed by atoms with van der Waals surface area (Å²) in [5, 5.41) is 3.16. The Labute approximate surface area is 110 Å². The third-order valence-electron chi connectivity index (χ3n) is 4.44. The van der Waals surface area contributed by atoms with Crippen molar-refractivity contribution in [2.45, 2.75) is 57.5 Å². The first-order valence-electron chi connectivity index (χ1n) is 7.19. The Morgan fingerprint density at radius 1 is 1.39 bits per heavy atom. The van der Waals surface area contributed by atoms with Gasteiger partial charge in [-0.2, -0.15) is 0 Å². The number of nitrogens with two attached hydrogens (primary N) is 1. The zero-order chi connectivity index (χ0) is 13.2. The summed E-state index contributed by atoms with van der Waals surface area (Å²) in [4.78, 5) is 12.4. The highest BCUT2D eigenvalue weighted by molar-refractivity contribution is 5.86. The monoisotopic (exact) mass is 254 g/mol. The van der Waals surface area contributed by atoms with Gasteiger partial charge in [0.25, 0.3) is 0 Å². The van der Waals surface area contributed by atoms with Crippen LogP contribution < -0.4 is 11.1 Å². The molecule has 4 heteroatoms. The van der Waals surface area contributed by atoms with Gasteiger partial charge in [-0.1, -0.05) is 26.7 Å². The summed E-state index contributed by atoms with van der Waals surface area (Å²) in [7, 11) is 0. The van der Waals surface area contributed by atoms with E-state index in [9.17, 15) is 4.79 Å². The Balaban J connectivity index is 1.93. The van der Waals surface area contributed by atoms with E-state index in [2.05, 4.69) is 19.2 Å². The number of hydrogen-bond donors (Lipinski definition) is 2. The largest absolute Gasteiger partial charge is 0.381 e. The molecule has 4 nitrogen and oxygen atoms in total. The van der Waals surface area contributed by atoms with E-state index in [1.807, 2.05) is 0 Å². The molecule has 1 saturated heterocycles. The molecule has 4 unspecified atom stereocenters. The summed E-state index contributed by atoms with van der Waals surface area (Å²) in [6.07, 6.45) is 4.80. The van der Waals surface area contributed by atoms with E-state index in [0.717, 1.165) is 38.9 Å². The number of carbonyl (C=O) groups excluding carboxylic acids is 1. The van der Waals surface area contributed by atoms with Gasteiger partial charge in [0.2, 0.25) is 5.91 Å². The van der Waals surface area contributed by atoms with Gasteiger partial charge in [-0.3, -0.25) is 4.79 Å². The number of hydrogen-bond acceptors (Lipinski definition) is 3. The highest BCUT2D eigenvalue weighted by atomic mass is 16.5. The fraction of sp³-hybridized carbons (Fsp3) is 0.929. The Kier molecular flexibility index (Phi) is 4.28. The molecule has 0 bridgehead atoms. The second-order valence-electron chi connectivity index (χ2n) is 6.28. The van der Waals surface area contributed by atoms with Crippen LogP contribution in [0.25, 0.3) is 0 Å². The minimum absolute atomic E-state index is 0.0489. The van der Waals surface area contributed by atoms with Gasteiger partial charge in [-0.05, 0) is 31.1 Å². The second-order valence-corrected chi connectivity index (χ2v) is 6.28. The molecule has 1 aliphatic carbocycles. The summed E-state index contributed by atoms with van der Waals surface area (Å²) < 4.78 is 5.40. The molecule has 1 saturated carbocycles. The van der Waals surface area contributed by atoms with Gasteiger partial charge in [0.15, 0.2) is 0 Å². The van der Waals surface area contributed by atoms with Gasteiger partial charge in [-0.25, -0.2) is 0 Å². The van der Waals surface area contributed by atoms with Gasteiger partial charge in [0, 0.05) is 12.6 Å². The van der Waals surface area contributed by atoms with Crippen molar-refractivity contribution in [3.8, 4) is 0 Å². The van der Waals surface area contributed by atoms with E-state index in [4.69, 9.17) is 10.5 Å². The zero-order valence-corrected chi connectivity index (χ0v) is 11.6. The minimum Gasteiger partial charge on any atom is -0.381 e. The number of rotatable bonds is 2. The van der Waals surface area contributed by atoms with Crippen molar-refractivity contribution in [2.75, 3.05) is 13.2 Å². The van der Waals surface area contributed by atoms with E-state index in [1.54, 1.807) is 0 Å². The van der Waals surface area contributed by atoms with E-state index >= 15 is 0 Å². The Morgan fingerprint density at radius 2 is 2.17 bits per heavy atom. The molecule has 3 N–H and O–H groups in total. The molecule has 18 heavy (non-hydrogen) atoms. The number of amides is 1. The zero-order valence-electron chi connectivity index (χ0n) is 11.6. The van der Waals surface area contributed by atoms with E-state index in [0.29, 0.717) is 11.8 Å². The maximum absolute atomic E-state index is 12.4. The van der Waals surface area contributed by atoms with E-state index < -0.39 is 5.54 Å². The lowest BCUT2D eigenvalue weighted by Gasteiger charge is -2.38. The lowest BCUT2D eigenvalue weighted by atomic mass is 9.76. The van der Waals surface area contributed by atoms with Crippen LogP contribution in [0.2, 0.25) is 0 Å². The van der Waals surface area contributed by atoms with Crippen LogP contribution in [0.3, 0.4) is 0 Å². The van der Waals surface area contributed by atoms with Crippen LogP contribution in [-0.2, 0) is 9.53 Å². The third-order valence-corrected chi connectivity index (χ3v) is 4.44. The number of ether oxygens (including phenoxy) is 1. The predicted molar refractivity (Wildman–Crippen MR) is 71.1 cm³/mol. The molecule has 4 atom stereocenters. The van der Waals surface area contributed by atoms with Gasteiger partial charge in [-0.15, -0.1) is 0 Å². The summed E-state index contributed by atoms with van der Waals surface area (Å²) in [6.45, 7) is 5.78. The van der Waals surface area contributed by atoms with Gasteiger partial charge < -0.3 is 15.8 Å². The summed E-state index contributed by atoms with van der Waals surface area (Å²) in [6, 6.07) is 0.226. The molecule has 104 valence electrons. The van der Waals surface area contributed by atoms with Crippen molar-refractivity contribution in [2.24, 2.45) is 17.6 Å². The second kappa shape index (κ2) is 5.57. The third kappa shape index (κ3) is 3.04. The van der Waals surface area contributed by atoms with Crippen LogP contribution in [0, 0.1) is 11.8 Å². The molecule has 2 rings (SSSR count). The first kappa shape index (κ1) is 13.8. The predicted octanol–water partition coefficient (Wildman–Crippen LogP) is 1.44. The average molecular weight is 254 g/mol. The average Bonchev–Trinajstić information content (AvgIpc) is 2.31. The standard InChI is InChI=1S/C14H26N2O2/c1-10-4-3-6-14(15,8-10)13(17)16-12-5-7-18-9-11(12)2/h10-12H,3-9,15H2,1-2H3,(H,16,17). The first-order chi connectivity index (χ1) is 8.51. The molecule has 1 aliphatic heterocycles. The van der Waals surface area contributed by atoms with Crippen LogP contribution in [0.1, 0.15) is 46.0 Å². The molecule has 1 heterocycles. The molecule has 0 spiro atoms. The fourth-order valence-corrected chi connectivity index (χ4v) is 3.20. The van der Waals surface area contributed by atoms with Crippen LogP contribution in [0.4, 0.5) is 0 Å². The number of carbonyl (C=O) groups is 1. The van der Waals surface area contributed by atoms with Crippen molar-refractivity contribution in [3.05, 3.63) is 0 Å². The quantitative estimate of drug-likeness (QED) is 0.783. The Morgan fingerprint density at radius 3 is 2.83 bits per heavy atom. The van der Waals surface area contributed by atoms with Gasteiger partial charge in [0.1, 0.15) is 0 Å². The first-order valence-corrected chi connectivity index (χ1v) is 7.19. The smallest absolute Gasteiger partial charge is 0.240 e. The van der Waals surface area contributed by atoms with Crippen LogP contribution in [-0.4, -0.2) is 30.7 Å². The molecular weight excluding hydrogens is 228 g/mol. The Bertz CT molecular complexity index is 308. The maximum atomic E-state index is 12.4. The van der Waals surface area contributed by atoms with Crippen molar-refractivity contribution >= 4 is 5.91 Å². The van der Waals surface area contributed by atoms with Crippen molar-refractivity contribution in [1.82, 2.24) is 5.32 Å². The van der Waals surface area contributed by atoms with Crippen molar-refractivity contribution in [3.63, 3.8) is 0 Å². The van der Waals surface area contributed by atoms with Crippen molar-refractivity contribution in [1.29, 1.82) is 0 Å². The van der Waals surface area contributed by atoms with Gasteiger partial charge >= 0.3 is 0 Å². The van der Waals surface area contributed by atoms with Gasteiger partial charge in [0.05, 0.1) is 12.1 Å². The molecule has 2 fully saturated rings. The lowest BCUT2D eigenvalue weighted by molar-refractivity contribution is -0.130. The van der Waals surface area contributed by atoms with Crippen LogP contribution in [0.15, 0.2) is 0 Å². The molecule has 0 radical (unpaired) electrons. The highest BCUT2D eigenvalue weighted by Crippen LogP contribution is 2.31. The molecule has 2 aliphatic rings. The SMILES string of the molecule is CC1CCCC(N)(C(=O)NC2CCOCC2C)C1. The molecule has 0 aromatic rings. The van der Waals surface area contributed by atoms with E-state index in [1.165, 1.54) is 6.42 Å². The molecule has 0 aromatic carbocycles. The van der Waals surface area contributed by atoms with E-state index in [-0.39, 0.29) is 11.9 Å². The van der Waals surface area contributed by atoms with Crippen molar-refractivity contribution < 1.29 is 9.53 Å². The normalized spacial score (nSPS) is 41.4. The Hall–Kier alpha value is -0.610. The highest BCUT2D eigenvalue weighted by Gasteiger charge is 2.39. The fourth-order valence-electron chi connectivity index (χ4n) is 3.20. The summed E-state index contributed by atoms with van der Waals surface area (Å²) in [5.74, 6) is 0.988. The van der Waals surface area contributed by atoms with Crippen LogP contribution in [0.5, 0.6) is 0 Å². The number of nitrogens with one attached hydrogen (secondary N) is 1. The summed E-state index contributed by atoms with van der Waals surface area (Å²) in [5.41, 5.74) is 5.67.